The third-order valence-corrected chi connectivity index (χ3v) is 2.92. The van der Waals surface area contributed by atoms with Crippen LogP contribution in [-0.4, -0.2) is 10.9 Å². The minimum Gasteiger partial charge on any atom is -0.508 e. The van der Waals surface area contributed by atoms with Crippen LogP contribution in [0.5, 0.6) is 5.75 Å². The van der Waals surface area contributed by atoms with E-state index in [9.17, 15) is 9.90 Å². The zero-order valence-electron chi connectivity index (χ0n) is 8.29. The van der Waals surface area contributed by atoms with Crippen LogP contribution in [0.2, 0.25) is 0 Å². The highest BCUT2D eigenvalue weighted by atomic mass is 16.3. The standard InChI is InChI=1S/C12H14O2/c1-2-8-5-11(14)7-9-6-10(13)3-4-12(8)9/h3-4,6,8,13H,2,5,7H2,1H3. The first-order valence-corrected chi connectivity index (χ1v) is 5.04. The SMILES string of the molecule is CCC1CC(=O)Cc2cc(O)ccc21. The van der Waals surface area contributed by atoms with Crippen molar-refractivity contribution in [3.8, 4) is 5.75 Å². The minimum atomic E-state index is 0.258. The molecule has 1 aromatic carbocycles. The first kappa shape index (κ1) is 9.25. The first-order chi connectivity index (χ1) is 6.70. The fourth-order valence-corrected chi connectivity index (χ4v) is 2.18. The van der Waals surface area contributed by atoms with E-state index in [0.717, 1.165) is 12.0 Å². The Kier molecular flexibility index (Phi) is 2.28. The molecule has 1 aliphatic carbocycles. The topological polar surface area (TPSA) is 37.3 Å². The van der Waals surface area contributed by atoms with Crippen LogP contribution in [0.3, 0.4) is 0 Å². The number of benzene rings is 1. The van der Waals surface area contributed by atoms with Crippen LogP contribution in [0, 0.1) is 0 Å². The molecule has 0 spiro atoms. The molecule has 2 nitrogen and oxygen atoms in total. The van der Waals surface area contributed by atoms with E-state index in [1.807, 2.05) is 6.07 Å². The third kappa shape index (κ3) is 1.52. The van der Waals surface area contributed by atoms with Crippen LogP contribution in [0.25, 0.3) is 0 Å². The highest BCUT2D eigenvalue weighted by Crippen LogP contribution is 2.33. The molecule has 1 aliphatic rings. The fraction of sp³-hybridized carbons (Fsp3) is 0.417. The summed E-state index contributed by atoms with van der Waals surface area (Å²) in [6.07, 6.45) is 2.14. The van der Waals surface area contributed by atoms with Gasteiger partial charge in [-0.3, -0.25) is 4.79 Å². The van der Waals surface area contributed by atoms with Gasteiger partial charge in [-0.1, -0.05) is 13.0 Å². The summed E-state index contributed by atoms with van der Waals surface area (Å²) in [6.45, 7) is 2.10. The van der Waals surface area contributed by atoms with Gasteiger partial charge in [0, 0.05) is 12.8 Å². The van der Waals surface area contributed by atoms with Gasteiger partial charge in [0.1, 0.15) is 11.5 Å². The molecule has 0 aromatic heterocycles. The number of carbonyl (C=O) groups is 1. The maximum absolute atomic E-state index is 11.4. The number of carbonyl (C=O) groups excluding carboxylic acids is 1. The quantitative estimate of drug-likeness (QED) is 0.738. The number of hydrogen-bond donors (Lipinski definition) is 1. The molecule has 0 fully saturated rings. The normalized spacial score (nSPS) is 20.6. The second-order valence-electron chi connectivity index (χ2n) is 3.91. The Hall–Kier alpha value is -1.31. The molecule has 0 radical (unpaired) electrons. The lowest BCUT2D eigenvalue weighted by Crippen LogP contribution is -2.17. The Bertz CT molecular complexity index is 369. The summed E-state index contributed by atoms with van der Waals surface area (Å²) in [5, 5.41) is 9.32. The summed E-state index contributed by atoms with van der Waals surface area (Å²) < 4.78 is 0. The van der Waals surface area contributed by atoms with Gasteiger partial charge in [0.2, 0.25) is 0 Å². The molecule has 0 heterocycles. The van der Waals surface area contributed by atoms with Gasteiger partial charge in [0.15, 0.2) is 0 Å². The van der Waals surface area contributed by atoms with Gasteiger partial charge >= 0.3 is 0 Å². The summed E-state index contributed by atoms with van der Waals surface area (Å²) in [5.41, 5.74) is 2.25. The summed E-state index contributed by atoms with van der Waals surface area (Å²) in [5.74, 6) is 0.898. The zero-order valence-corrected chi connectivity index (χ0v) is 8.29. The number of Topliss-reactive ketones (excluding diaryl/α,β-unsaturated/α-hetero) is 1. The van der Waals surface area contributed by atoms with E-state index in [1.165, 1.54) is 5.56 Å². The molecule has 0 aliphatic heterocycles. The van der Waals surface area contributed by atoms with Crippen molar-refractivity contribution < 1.29 is 9.90 Å². The van der Waals surface area contributed by atoms with Gasteiger partial charge in [-0.15, -0.1) is 0 Å². The van der Waals surface area contributed by atoms with Crippen LogP contribution in [0.1, 0.15) is 36.8 Å². The molecule has 0 amide bonds. The maximum Gasteiger partial charge on any atom is 0.137 e. The van der Waals surface area contributed by atoms with Crippen molar-refractivity contribution in [1.29, 1.82) is 0 Å². The van der Waals surface area contributed by atoms with Gasteiger partial charge in [0.05, 0.1) is 0 Å². The highest BCUT2D eigenvalue weighted by Gasteiger charge is 2.23. The monoisotopic (exact) mass is 190 g/mol. The number of aromatic hydroxyl groups is 1. The van der Waals surface area contributed by atoms with Crippen molar-refractivity contribution in [3.05, 3.63) is 29.3 Å². The first-order valence-electron chi connectivity index (χ1n) is 5.04. The number of hydrogen-bond acceptors (Lipinski definition) is 2. The highest BCUT2D eigenvalue weighted by molar-refractivity contribution is 5.84. The number of fused-ring (bicyclic) bond motifs is 1. The predicted molar refractivity (Wildman–Crippen MR) is 54.5 cm³/mol. The fourth-order valence-electron chi connectivity index (χ4n) is 2.18. The number of phenols is 1. The lowest BCUT2D eigenvalue weighted by molar-refractivity contribution is -0.119. The maximum atomic E-state index is 11.4. The van der Waals surface area contributed by atoms with Crippen molar-refractivity contribution in [1.82, 2.24) is 0 Å². The lowest BCUT2D eigenvalue weighted by atomic mass is 9.81. The minimum absolute atomic E-state index is 0.258. The molecule has 1 aromatic rings. The summed E-state index contributed by atoms with van der Waals surface area (Å²) in [6, 6.07) is 5.37. The molecule has 2 heteroatoms. The molecular formula is C12H14O2. The van der Waals surface area contributed by atoms with Crippen LogP contribution >= 0.6 is 0 Å². The summed E-state index contributed by atoms with van der Waals surface area (Å²) in [4.78, 5) is 11.4. The predicted octanol–water partition coefficient (Wildman–Crippen LogP) is 2.40. The summed E-state index contributed by atoms with van der Waals surface area (Å²) in [7, 11) is 0. The number of ketones is 1. The zero-order chi connectivity index (χ0) is 10.1. The van der Waals surface area contributed by atoms with Crippen molar-refractivity contribution >= 4 is 5.78 Å². The van der Waals surface area contributed by atoms with Crippen molar-refractivity contribution in [2.45, 2.75) is 32.1 Å². The third-order valence-electron chi connectivity index (χ3n) is 2.92. The molecule has 14 heavy (non-hydrogen) atoms. The van der Waals surface area contributed by atoms with E-state index in [0.29, 0.717) is 18.8 Å². The number of phenolic OH excluding ortho intramolecular Hbond substituents is 1. The second kappa shape index (κ2) is 3.45. The van der Waals surface area contributed by atoms with Gasteiger partial charge in [-0.25, -0.2) is 0 Å². The Balaban J connectivity index is 2.45. The van der Waals surface area contributed by atoms with E-state index in [-0.39, 0.29) is 11.5 Å². The van der Waals surface area contributed by atoms with Crippen LogP contribution in [0.4, 0.5) is 0 Å². The average Bonchev–Trinajstić information content (AvgIpc) is 2.15. The second-order valence-corrected chi connectivity index (χ2v) is 3.91. The largest absolute Gasteiger partial charge is 0.508 e. The number of rotatable bonds is 1. The van der Waals surface area contributed by atoms with E-state index < -0.39 is 0 Å². The van der Waals surface area contributed by atoms with E-state index in [1.54, 1.807) is 12.1 Å². The van der Waals surface area contributed by atoms with Crippen molar-refractivity contribution in [2.75, 3.05) is 0 Å². The Labute approximate surface area is 83.6 Å². The molecule has 74 valence electrons. The van der Waals surface area contributed by atoms with E-state index >= 15 is 0 Å². The van der Waals surface area contributed by atoms with Gasteiger partial charge in [-0.2, -0.15) is 0 Å². The molecular weight excluding hydrogens is 176 g/mol. The Morgan fingerprint density at radius 1 is 1.50 bits per heavy atom. The molecule has 0 saturated heterocycles. The van der Waals surface area contributed by atoms with E-state index in [2.05, 4.69) is 6.92 Å². The lowest BCUT2D eigenvalue weighted by Gasteiger charge is -2.23. The van der Waals surface area contributed by atoms with Crippen molar-refractivity contribution in [3.63, 3.8) is 0 Å². The van der Waals surface area contributed by atoms with Crippen LogP contribution in [0.15, 0.2) is 18.2 Å². The Morgan fingerprint density at radius 3 is 3.00 bits per heavy atom. The average molecular weight is 190 g/mol. The smallest absolute Gasteiger partial charge is 0.137 e. The van der Waals surface area contributed by atoms with Gasteiger partial charge in [0.25, 0.3) is 0 Å². The van der Waals surface area contributed by atoms with Gasteiger partial charge in [-0.05, 0) is 35.6 Å². The van der Waals surface area contributed by atoms with Crippen LogP contribution < -0.4 is 0 Å². The molecule has 2 rings (SSSR count). The molecule has 0 saturated carbocycles. The van der Waals surface area contributed by atoms with Crippen LogP contribution in [-0.2, 0) is 11.2 Å². The molecule has 1 N–H and O–H groups in total. The molecule has 0 bridgehead atoms. The Morgan fingerprint density at radius 2 is 2.29 bits per heavy atom. The van der Waals surface area contributed by atoms with E-state index in [4.69, 9.17) is 0 Å². The summed E-state index contributed by atoms with van der Waals surface area (Å²) >= 11 is 0. The van der Waals surface area contributed by atoms with Crippen molar-refractivity contribution in [2.24, 2.45) is 0 Å². The molecule has 1 atom stereocenters. The van der Waals surface area contributed by atoms with Gasteiger partial charge < -0.3 is 5.11 Å². The molecule has 1 unspecified atom stereocenters.